The maximum absolute atomic E-state index is 12.7. The van der Waals surface area contributed by atoms with Crippen LogP contribution in [-0.2, 0) is 19.2 Å². The molecule has 0 aliphatic carbocycles. The van der Waals surface area contributed by atoms with Gasteiger partial charge in [-0.3, -0.25) is 19.2 Å². The Morgan fingerprint density at radius 1 is 0.733 bits per heavy atom. The molecule has 0 radical (unpaired) electrons. The van der Waals surface area contributed by atoms with Crippen molar-refractivity contribution in [1.29, 1.82) is 0 Å². The SMILES string of the molecule is CCCCSC1CC(=O)N(c2ccc(N3C(=O)CC(SCCCC)C3=O)cc2)C1=O. The summed E-state index contributed by atoms with van der Waals surface area (Å²) in [5.74, 6) is 0.946. The summed E-state index contributed by atoms with van der Waals surface area (Å²) in [4.78, 5) is 52.7. The van der Waals surface area contributed by atoms with Crippen molar-refractivity contribution in [2.24, 2.45) is 0 Å². The third-order valence-corrected chi connectivity index (χ3v) is 7.80. The normalized spacial score (nSPS) is 21.9. The summed E-state index contributed by atoms with van der Waals surface area (Å²) in [6.07, 6.45) is 4.58. The molecule has 0 N–H and O–H groups in total. The van der Waals surface area contributed by atoms with Gasteiger partial charge in [-0.1, -0.05) is 26.7 Å². The first-order valence-electron chi connectivity index (χ1n) is 10.5. The van der Waals surface area contributed by atoms with Crippen LogP contribution in [0, 0.1) is 0 Å². The van der Waals surface area contributed by atoms with Gasteiger partial charge in [0.1, 0.15) is 0 Å². The Morgan fingerprint density at radius 2 is 1.10 bits per heavy atom. The minimum Gasteiger partial charge on any atom is -0.274 e. The lowest BCUT2D eigenvalue weighted by Gasteiger charge is -2.18. The second kappa shape index (κ2) is 10.5. The molecule has 2 aliphatic heterocycles. The minimum atomic E-state index is -0.327. The topological polar surface area (TPSA) is 74.8 Å². The Labute approximate surface area is 186 Å². The van der Waals surface area contributed by atoms with Crippen LogP contribution in [0.1, 0.15) is 52.4 Å². The number of unbranched alkanes of at least 4 members (excludes halogenated alkanes) is 2. The van der Waals surface area contributed by atoms with E-state index in [4.69, 9.17) is 0 Å². The Hall–Kier alpha value is -1.80. The molecule has 1 aromatic carbocycles. The van der Waals surface area contributed by atoms with Gasteiger partial charge in [0, 0.05) is 12.8 Å². The Balaban J connectivity index is 1.67. The monoisotopic (exact) mass is 448 g/mol. The fourth-order valence-electron chi connectivity index (χ4n) is 3.50. The summed E-state index contributed by atoms with van der Waals surface area (Å²) in [6, 6.07) is 6.56. The average molecular weight is 449 g/mol. The number of benzene rings is 1. The molecule has 3 rings (SSSR count). The molecule has 2 fully saturated rings. The maximum atomic E-state index is 12.7. The van der Waals surface area contributed by atoms with Gasteiger partial charge in [-0.05, 0) is 48.6 Å². The first kappa shape index (κ1) is 22.9. The van der Waals surface area contributed by atoms with Crippen molar-refractivity contribution in [3.05, 3.63) is 24.3 Å². The number of nitrogens with zero attached hydrogens (tertiary/aromatic N) is 2. The molecule has 0 saturated carbocycles. The molecule has 162 valence electrons. The van der Waals surface area contributed by atoms with Gasteiger partial charge in [-0.15, -0.1) is 23.5 Å². The van der Waals surface area contributed by atoms with Gasteiger partial charge < -0.3 is 0 Å². The van der Waals surface area contributed by atoms with E-state index in [1.807, 2.05) is 0 Å². The summed E-state index contributed by atoms with van der Waals surface area (Å²) in [7, 11) is 0. The van der Waals surface area contributed by atoms with Crippen molar-refractivity contribution < 1.29 is 19.2 Å². The molecule has 0 aromatic heterocycles. The second-order valence-electron chi connectivity index (χ2n) is 7.49. The number of carbonyl (C=O) groups excluding carboxylic acids is 4. The number of hydrogen-bond acceptors (Lipinski definition) is 6. The highest BCUT2D eigenvalue weighted by Crippen LogP contribution is 2.34. The van der Waals surface area contributed by atoms with Crippen LogP contribution in [-0.4, -0.2) is 45.6 Å². The van der Waals surface area contributed by atoms with Crippen molar-refractivity contribution in [3.63, 3.8) is 0 Å². The van der Waals surface area contributed by atoms with Crippen molar-refractivity contribution in [1.82, 2.24) is 0 Å². The van der Waals surface area contributed by atoms with Crippen molar-refractivity contribution >= 4 is 58.5 Å². The standard InChI is InChI=1S/C22H28N2O4S2/c1-3-5-11-29-17-13-19(25)23(21(17)27)15-7-9-16(10-8-15)24-20(26)14-18(22(24)28)30-12-6-4-2/h7-10,17-18H,3-6,11-14H2,1-2H3. The van der Waals surface area contributed by atoms with Gasteiger partial charge >= 0.3 is 0 Å². The molecule has 2 atom stereocenters. The zero-order chi connectivity index (χ0) is 21.7. The number of amides is 4. The molecule has 2 aliphatic rings. The molecule has 0 spiro atoms. The third-order valence-electron chi connectivity index (χ3n) is 5.21. The summed E-state index contributed by atoms with van der Waals surface area (Å²) >= 11 is 3.08. The lowest BCUT2D eigenvalue weighted by atomic mass is 10.2. The predicted octanol–water partition coefficient (Wildman–Crippen LogP) is 4.02. The van der Waals surface area contributed by atoms with Crippen LogP contribution in [0.15, 0.2) is 24.3 Å². The number of anilines is 2. The van der Waals surface area contributed by atoms with Crippen LogP contribution in [0.4, 0.5) is 11.4 Å². The molecule has 6 nitrogen and oxygen atoms in total. The van der Waals surface area contributed by atoms with E-state index in [9.17, 15) is 19.2 Å². The van der Waals surface area contributed by atoms with E-state index >= 15 is 0 Å². The van der Waals surface area contributed by atoms with Gasteiger partial charge in [0.25, 0.3) is 0 Å². The minimum absolute atomic E-state index is 0.186. The van der Waals surface area contributed by atoms with Gasteiger partial charge in [0.15, 0.2) is 0 Å². The number of thioether (sulfide) groups is 2. The van der Waals surface area contributed by atoms with E-state index in [2.05, 4.69) is 13.8 Å². The molecule has 2 heterocycles. The number of hydrogen-bond donors (Lipinski definition) is 0. The quantitative estimate of drug-likeness (QED) is 0.398. The van der Waals surface area contributed by atoms with Crippen LogP contribution < -0.4 is 9.80 Å². The largest absolute Gasteiger partial charge is 0.274 e. The molecule has 0 bridgehead atoms. The zero-order valence-electron chi connectivity index (χ0n) is 17.5. The predicted molar refractivity (Wildman–Crippen MR) is 123 cm³/mol. The molecular weight excluding hydrogens is 420 g/mol. The van der Waals surface area contributed by atoms with E-state index in [1.165, 1.54) is 33.3 Å². The molecule has 1 aromatic rings. The molecule has 4 amide bonds. The Morgan fingerprint density at radius 3 is 1.43 bits per heavy atom. The van der Waals surface area contributed by atoms with E-state index in [0.29, 0.717) is 11.4 Å². The van der Waals surface area contributed by atoms with E-state index < -0.39 is 0 Å². The van der Waals surface area contributed by atoms with Crippen molar-refractivity contribution in [3.8, 4) is 0 Å². The van der Waals surface area contributed by atoms with E-state index in [-0.39, 0.29) is 47.0 Å². The fourth-order valence-corrected chi connectivity index (χ4v) is 6.00. The summed E-state index contributed by atoms with van der Waals surface area (Å²) in [5.41, 5.74) is 0.973. The van der Waals surface area contributed by atoms with Gasteiger partial charge in [-0.25, -0.2) is 9.80 Å². The van der Waals surface area contributed by atoms with Gasteiger partial charge in [-0.2, -0.15) is 0 Å². The lowest BCUT2D eigenvalue weighted by molar-refractivity contribution is -0.122. The average Bonchev–Trinajstić information content (AvgIpc) is 3.17. The first-order valence-corrected chi connectivity index (χ1v) is 12.6. The molecule has 8 heteroatoms. The fraction of sp³-hybridized carbons (Fsp3) is 0.545. The molecule has 2 unspecified atom stereocenters. The van der Waals surface area contributed by atoms with E-state index in [0.717, 1.165) is 37.2 Å². The van der Waals surface area contributed by atoms with Gasteiger partial charge in [0.2, 0.25) is 23.6 Å². The molecule has 2 saturated heterocycles. The number of imide groups is 2. The highest BCUT2D eigenvalue weighted by Gasteiger charge is 2.41. The Bertz CT molecular complexity index is 745. The van der Waals surface area contributed by atoms with Crippen LogP contribution >= 0.6 is 23.5 Å². The van der Waals surface area contributed by atoms with Crippen molar-refractivity contribution in [2.45, 2.75) is 62.9 Å². The van der Waals surface area contributed by atoms with Gasteiger partial charge in [0.05, 0.1) is 21.9 Å². The lowest BCUT2D eigenvalue weighted by Crippen LogP contribution is -2.32. The molecular formula is C22H28N2O4S2. The van der Waals surface area contributed by atoms with Crippen molar-refractivity contribution in [2.75, 3.05) is 21.3 Å². The number of rotatable bonds is 10. The Kier molecular flexibility index (Phi) is 7.99. The second-order valence-corrected chi connectivity index (χ2v) is 10.1. The first-order chi connectivity index (χ1) is 14.5. The highest BCUT2D eigenvalue weighted by atomic mass is 32.2. The summed E-state index contributed by atoms with van der Waals surface area (Å²) in [5, 5.41) is -0.655. The smallest absolute Gasteiger partial charge is 0.247 e. The van der Waals surface area contributed by atoms with Crippen LogP contribution in [0.3, 0.4) is 0 Å². The number of carbonyl (C=O) groups is 4. The zero-order valence-corrected chi connectivity index (χ0v) is 19.1. The molecule has 30 heavy (non-hydrogen) atoms. The summed E-state index contributed by atoms with van der Waals surface area (Å²) in [6.45, 7) is 4.19. The van der Waals surface area contributed by atoms with Crippen LogP contribution in [0.2, 0.25) is 0 Å². The van der Waals surface area contributed by atoms with E-state index in [1.54, 1.807) is 24.3 Å². The third kappa shape index (κ3) is 4.91. The summed E-state index contributed by atoms with van der Waals surface area (Å²) < 4.78 is 0. The van der Waals surface area contributed by atoms with Crippen LogP contribution in [0.5, 0.6) is 0 Å². The van der Waals surface area contributed by atoms with Crippen LogP contribution in [0.25, 0.3) is 0 Å². The maximum Gasteiger partial charge on any atom is 0.247 e. The highest BCUT2D eigenvalue weighted by molar-refractivity contribution is 8.00.